The second-order valence-electron chi connectivity index (χ2n) is 11.4. The summed E-state index contributed by atoms with van der Waals surface area (Å²) >= 11 is 0. The molecular weight excluding hydrogens is 594 g/mol. The molecule has 2 fully saturated rings. The second kappa shape index (κ2) is 11.9. The van der Waals surface area contributed by atoms with Crippen molar-refractivity contribution in [3.05, 3.63) is 59.1 Å². The number of carbonyl (C=O) groups is 1. The van der Waals surface area contributed by atoms with Crippen LogP contribution < -0.4 is 20.9 Å². The van der Waals surface area contributed by atoms with Crippen molar-refractivity contribution in [2.75, 3.05) is 12.3 Å². The van der Waals surface area contributed by atoms with Crippen LogP contribution in [0.5, 0.6) is 5.75 Å². The van der Waals surface area contributed by atoms with E-state index in [2.05, 4.69) is 20.0 Å². The Bertz CT molecular complexity index is 1780. The van der Waals surface area contributed by atoms with Gasteiger partial charge in [0.15, 0.2) is 23.1 Å². The average Bonchev–Trinajstić information content (AvgIpc) is 3.71. The van der Waals surface area contributed by atoms with E-state index in [9.17, 15) is 14.2 Å². The van der Waals surface area contributed by atoms with Crippen LogP contribution in [0.25, 0.3) is 21.9 Å². The number of nitrogens with zero attached hydrogens (tertiary/aromatic N) is 3. The maximum absolute atomic E-state index is 15.9. The topological polar surface area (TPSA) is 173 Å². The molecule has 2 aromatic carbocycles. The Morgan fingerprint density at radius 3 is 2.82 bits per heavy atom. The normalized spacial score (nSPS) is 24.4. The Hall–Kier alpha value is -3.84. The number of H-pyrrole nitrogens is 1. The zero-order valence-electron chi connectivity index (χ0n) is 24.3. The molecule has 13 nitrogen and oxygen atoms in total. The van der Waals surface area contributed by atoms with Crippen molar-refractivity contribution in [1.29, 1.82) is 0 Å². The molecule has 234 valence electrons. The van der Waals surface area contributed by atoms with E-state index in [0.29, 0.717) is 5.39 Å². The lowest BCUT2D eigenvalue weighted by atomic mass is 10.0. The van der Waals surface area contributed by atoms with E-state index in [1.54, 1.807) is 12.1 Å². The summed E-state index contributed by atoms with van der Waals surface area (Å²) in [6, 6.07) is 11.6. The van der Waals surface area contributed by atoms with Gasteiger partial charge in [0.2, 0.25) is 5.95 Å². The van der Waals surface area contributed by atoms with Crippen molar-refractivity contribution < 1.29 is 32.3 Å². The molecule has 1 aliphatic carbocycles. The largest absolute Gasteiger partial charge is 0.461 e. The van der Waals surface area contributed by atoms with Crippen LogP contribution in [0.1, 0.15) is 52.2 Å². The Morgan fingerprint density at radius 2 is 2.02 bits per heavy atom. The van der Waals surface area contributed by atoms with Crippen LogP contribution in [0, 0.1) is 0 Å². The number of nitrogen functional groups attached to an aromatic ring is 1. The lowest BCUT2D eigenvalue weighted by molar-refractivity contribution is -0.150. The number of aromatic amines is 1. The molecule has 5 atom stereocenters. The Kier molecular flexibility index (Phi) is 8.18. The van der Waals surface area contributed by atoms with E-state index < -0.39 is 43.3 Å². The quantitative estimate of drug-likeness (QED) is 0.166. The van der Waals surface area contributed by atoms with E-state index in [-0.39, 0.29) is 42.0 Å². The highest BCUT2D eigenvalue weighted by Crippen LogP contribution is 2.49. The van der Waals surface area contributed by atoms with Crippen LogP contribution in [-0.2, 0) is 23.4 Å². The van der Waals surface area contributed by atoms with Gasteiger partial charge in [-0.1, -0.05) is 36.4 Å². The summed E-state index contributed by atoms with van der Waals surface area (Å²) in [6.45, 7) is 2.51. The van der Waals surface area contributed by atoms with Gasteiger partial charge in [0.25, 0.3) is 5.56 Å². The molecule has 0 radical (unpaired) electrons. The Balaban J connectivity index is 1.22. The van der Waals surface area contributed by atoms with E-state index in [0.717, 1.165) is 31.1 Å². The number of alkyl halides is 1. The van der Waals surface area contributed by atoms with Crippen LogP contribution >= 0.6 is 7.75 Å². The van der Waals surface area contributed by atoms with Crippen molar-refractivity contribution in [3.63, 3.8) is 0 Å². The van der Waals surface area contributed by atoms with Crippen LogP contribution in [0.2, 0.25) is 0 Å². The molecule has 1 aliphatic heterocycles. The number of aromatic nitrogens is 4. The number of imidazole rings is 1. The molecule has 2 aliphatic rings. The van der Waals surface area contributed by atoms with Crippen molar-refractivity contribution in [2.45, 2.75) is 76.1 Å². The highest BCUT2D eigenvalue weighted by molar-refractivity contribution is 7.52. The predicted molar refractivity (Wildman–Crippen MR) is 160 cm³/mol. The van der Waals surface area contributed by atoms with Gasteiger partial charge >= 0.3 is 13.7 Å². The first kappa shape index (κ1) is 30.2. The molecule has 15 heteroatoms. The summed E-state index contributed by atoms with van der Waals surface area (Å²) in [6.07, 6.45) is 2.33. The van der Waals surface area contributed by atoms with E-state index in [1.807, 2.05) is 30.3 Å². The lowest BCUT2D eigenvalue weighted by Crippen LogP contribution is -2.37. The fraction of sp³-hybridized carbons (Fsp3) is 0.448. The van der Waals surface area contributed by atoms with Gasteiger partial charge in [-0.15, -0.1) is 0 Å². The number of ether oxygens (including phenoxy) is 2. The minimum absolute atomic E-state index is 0.0195. The predicted octanol–water partition coefficient (Wildman–Crippen LogP) is 4.54. The molecule has 0 bridgehead atoms. The molecule has 2 aromatic heterocycles. The summed E-state index contributed by atoms with van der Waals surface area (Å²) in [4.78, 5) is 35.6. The van der Waals surface area contributed by atoms with E-state index >= 15 is 4.39 Å². The number of carbonyl (C=O) groups excluding carboxylic acids is 1. The molecule has 3 unspecified atom stereocenters. The summed E-state index contributed by atoms with van der Waals surface area (Å²) in [5.41, 5.74) is 3.22. The average molecular weight is 629 g/mol. The fourth-order valence-electron chi connectivity index (χ4n) is 5.73. The van der Waals surface area contributed by atoms with Gasteiger partial charge < -0.3 is 19.7 Å². The zero-order chi connectivity index (χ0) is 31.1. The van der Waals surface area contributed by atoms with Crippen LogP contribution in [0.4, 0.5) is 10.3 Å². The van der Waals surface area contributed by atoms with Crippen molar-refractivity contribution in [2.24, 2.45) is 0 Å². The van der Waals surface area contributed by atoms with Crippen molar-refractivity contribution in [3.8, 4) is 5.75 Å². The molecular formula is C29H34FN6O7P. The maximum Gasteiger partial charge on any atom is 0.459 e. The van der Waals surface area contributed by atoms with Gasteiger partial charge in [0.1, 0.15) is 17.9 Å². The Morgan fingerprint density at radius 1 is 1.27 bits per heavy atom. The number of nitrogens with one attached hydrogen (secondary N) is 2. The molecule has 1 saturated carbocycles. The smallest absolute Gasteiger partial charge is 0.459 e. The molecule has 6 rings (SSSR count). The second-order valence-corrected chi connectivity index (χ2v) is 13.1. The molecule has 4 aromatic rings. The van der Waals surface area contributed by atoms with Gasteiger partial charge in [-0.25, -0.2) is 13.9 Å². The number of hydrogen-bond donors (Lipinski definition) is 3. The van der Waals surface area contributed by atoms with Gasteiger partial charge in [-0.05, 0) is 51.0 Å². The number of esters is 1. The maximum atomic E-state index is 15.9. The van der Waals surface area contributed by atoms with E-state index in [4.69, 9.17) is 24.3 Å². The third kappa shape index (κ3) is 6.20. The van der Waals surface area contributed by atoms with Crippen LogP contribution in [-0.4, -0.2) is 56.0 Å². The number of fused-ring (bicyclic) bond motifs is 2. The molecule has 4 N–H and O–H groups in total. The molecule has 44 heavy (non-hydrogen) atoms. The molecule has 3 heterocycles. The number of hydrogen-bond acceptors (Lipinski definition) is 10. The van der Waals surface area contributed by atoms with Gasteiger partial charge in [0.05, 0.1) is 19.0 Å². The number of benzene rings is 2. The van der Waals surface area contributed by atoms with Crippen molar-refractivity contribution >= 4 is 41.6 Å². The monoisotopic (exact) mass is 628 g/mol. The number of anilines is 1. The highest BCUT2D eigenvalue weighted by atomic mass is 31.2. The number of nitrogens with two attached hydrogens (primary N) is 1. The first-order chi connectivity index (χ1) is 21.0. The SMILES string of the molecule is C[C@H](N[P@](=O)(OCC1CC(C)(F)C(n2cnc3c(=O)[nH]c(N)nc32)O1)Oc1cccc2ccccc12)C(=O)OC1CCCC1. The number of rotatable bonds is 10. The van der Waals surface area contributed by atoms with E-state index in [1.165, 1.54) is 24.7 Å². The zero-order valence-corrected chi connectivity index (χ0v) is 25.2. The summed E-state index contributed by atoms with van der Waals surface area (Å²) in [5, 5.41) is 4.24. The molecule has 0 spiro atoms. The third-order valence-electron chi connectivity index (χ3n) is 7.86. The first-order valence-electron chi connectivity index (χ1n) is 14.5. The fourth-order valence-corrected chi connectivity index (χ4v) is 7.27. The molecule has 1 saturated heterocycles. The standard InChI is InChI=1S/C29H34FN6O7P/c1-17(26(38)41-19-10-4-5-11-19)35-44(39,43-22-13-7-9-18-8-3-6-12-21(18)22)40-15-20-14-29(2,30)27(42-20)36-16-32-23-24(36)33-28(31)34-25(23)37/h3,6-9,12-13,16-17,19-20,27H,4-5,10-11,14-15H2,1-2H3,(H,35,39)(H3,31,33,34,37)/t17-,20?,27?,29?,44-/m0/s1. The Labute approximate surface area is 251 Å². The minimum Gasteiger partial charge on any atom is -0.461 e. The highest BCUT2D eigenvalue weighted by Gasteiger charge is 2.48. The summed E-state index contributed by atoms with van der Waals surface area (Å²) in [5.74, 6) is -0.458. The minimum atomic E-state index is -4.27. The van der Waals surface area contributed by atoms with Gasteiger partial charge in [-0.2, -0.15) is 10.1 Å². The molecule has 0 amide bonds. The van der Waals surface area contributed by atoms with Crippen LogP contribution in [0.15, 0.2) is 53.6 Å². The third-order valence-corrected chi connectivity index (χ3v) is 9.48. The lowest BCUT2D eigenvalue weighted by Gasteiger charge is -2.25. The summed E-state index contributed by atoms with van der Waals surface area (Å²) in [7, 11) is -4.27. The first-order valence-corrected chi connectivity index (χ1v) is 16.0. The van der Waals surface area contributed by atoms with Crippen LogP contribution in [0.3, 0.4) is 0 Å². The summed E-state index contributed by atoms with van der Waals surface area (Å²) < 4.78 is 54.9. The van der Waals surface area contributed by atoms with Gasteiger partial charge in [0, 0.05) is 11.8 Å². The van der Waals surface area contributed by atoms with Gasteiger partial charge in [-0.3, -0.25) is 23.7 Å². The number of halogens is 1. The van der Waals surface area contributed by atoms with Crippen molar-refractivity contribution in [1.82, 2.24) is 24.6 Å².